The van der Waals surface area contributed by atoms with Gasteiger partial charge in [-0.1, -0.05) is 41.6 Å². The van der Waals surface area contributed by atoms with E-state index < -0.39 is 40.3 Å². The van der Waals surface area contributed by atoms with Gasteiger partial charge in [-0.05, 0) is 32.9 Å². The Balaban J connectivity index is 2.00. The molecule has 1 N–H and O–H groups in total. The van der Waals surface area contributed by atoms with Gasteiger partial charge in [0.25, 0.3) is 11.8 Å². The number of β-lactam (4-membered cyclic amide) rings is 1. The van der Waals surface area contributed by atoms with Crippen molar-refractivity contribution in [2.45, 2.75) is 50.2 Å². The third-order valence-corrected chi connectivity index (χ3v) is 5.10. The summed E-state index contributed by atoms with van der Waals surface area (Å²) in [5.74, 6) is -1.42. The predicted molar refractivity (Wildman–Crippen MR) is 108 cm³/mol. The molecule has 0 aromatic heterocycles. The molecule has 2 amide bonds. The van der Waals surface area contributed by atoms with Gasteiger partial charge in [0.15, 0.2) is 11.7 Å². The van der Waals surface area contributed by atoms with Gasteiger partial charge >= 0.3 is 5.97 Å². The van der Waals surface area contributed by atoms with Crippen LogP contribution in [0.5, 0.6) is 5.75 Å². The summed E-state index contributed by atoms with van der Waals surface area (Å²) in [6.45, 7) is 6.03. The van der Waals surface area contributed by atoms with Crippen LogP contribution in [-0.4, -0.2) is 56.9 Å². The number of carbonyl (C=O) groups excluding carboxylic acids is 4. The Kier molecular flexibility index (Phi) is 7.54. The van der Waals surface area contributed by atoms with Gasteiger partial charge in [0.1, 0.15) is 22.8 Å². The lowest BCUT2D eigenvalue weighted by molar-refractivity contribution is -0.167. The largest absolute Gasteiger partial charge is 0.484 e. The number of carbonyl (C=O) groups is 4. The second kappa shape index (κ2) is 9.49. The molecule has 1 aromatic carbocycles. The van der Waals surface area contributed by atoms with E-state index in [2.05, 4.69) is 5.32 Å². The van der Waals surface area contributed by atoms with Crippen molar-refractivity contribution >= 4 is 46.3 Å². The SMILES string of the molecule is CC(=O)S[C@H]1C(NC(=O)COc2ccccc2)C(=O)N1C(Cl)C(=O)OC(C)(C)C. The van der Waals surface area contributed by atoms with Gasteiger partial charge in [-0.3, -0.25) is 19.3 Å². The third-order valence-electron chi connectivity index (χ3n) is 3.64. The summed E-state index contributed by atoms with van der Waals surface area (Å²) in [5, 5.41) is 1.41. The number of halogens is 1. The Labute approximate surface area is 178 Å². The molecule has 0 bridgehead atoms. The normalized spacial score (nSPS) is 19.8. The van der Waals surface area contributed by atoms with E-state index >= 15 is 0 Å². The topological polar surface area (TPSA) is 102 Å². The number of amides is 2. The van der Waals surface area contributed by atoms with Gasteiger partial charge in [-0.15, -0.1) is 0 Å². The van der Waals surface area contributed by atoms with E-state index in [0.29, 0.717) is 5.75 Å². The molecule has 8 nitrogen and oxygen atoms in total. The van der Waals surface area contributed by atoms with E-state index in [4.69, 9.17) is 21.1 Å². The van der Waals surface area contributed by atoms with Gasteiger partial charge in [0.05, 0.1) is 0 Å². The van der Waals surface area contributed by atoms with Gasteiger partial charge in [-0.2, -0.15) is 0 Å². The van der Waals surface area contributed by atoms with E-state index in [0.717, 1.165) is 16.7 Å². The number of esters is 1. The number of hydrogen-bond acceptors (Lipinski definition) is 7. The van der Waals surface area contributed by atoms with Crippen LogP contribution in [0.1, 0.15) is 27.7 Å². The fourth-order valence-corrected chi connectivity index (χ4v) is 3.83. The minimum absolute atomic E-state index is 0.291. The van der Waals surface area contributed by atoms with Crippen molar-refractivity contribution in [1.82, 2.24) is 10.2 Å². The molecule has 3 atom stereocenters. The molecular formula is C19H23ClN2O6S. The molecule has 2 unspecified atom stereocenters. The van der Waals surface area contributed by atoms with Crippen LogP contribution < -0.4 is 10.1 Å². The van der Waals surface area contributed by atoms with E-state index in [1.54, 1.807) is 45.0 Å². The van der Waals surface area contributed by atoms with Crippen molar-refractivity contribution in [3.8, 4) is 5.75 Å². The number of likely N-dealkylation sites (tertiary alicyclic amines) is 1. The van der Waals surface area contributed by atoms with Crippen LogP contribution in [0.15, 0.2) is 30.3 Å². The Morgan fingerprint density at radius 3 is 2.41 bits per heavy atom. The van der Waals surface area contributed by atoms with Crippen LogP contribution >= 0.6 is 23.4 Å². The van der Waals surface area contributed by atoms with Gasteiger partial charge < -0.3 is 14.8 Å². The molecule has 1 aliphatic heterocycles. The molecular weight excluding hydrogens is 420 g/mol. The molecule has 0 saturated carbocycles. The van der Waals surface area contributed by atoms with Crippen molar-refractivity contribution in [2.75, 3.05) is 6.61 Å². The number of benzene rings is 1. The molecule has 1 aromatic rings. The Morgan fingerprint density at radius 1 is 1.24 bits per heavy atom. The molecule has 1 saturated heterocycles. The second-order valence-electron chi connectivity index (χ2n) is 7.26. The van der Waals surface area contributed by atoms with Crippen LogP contribution in [-0.2, 0) is 23.9 Å². The summed E-state index contributed by atoms with van der Waals surface area (Å²) in [5.41, 5.74) is -2.20. The number of rotatable bonds is 7. The Bertz CT molecular complexity index is 783. The average Bonchev–Trinajstić information content (AvgIpc) is 2.63. The first-order valence-corrected chi connectivity index (χ1v) is 10.1. The molecule has 0 aliphatic carbocycles. The monoisotopic (exact) mass is 442 g/mol. The minimum Gasteiger partial charge on any atom is -0.484 e. The highest BCUT2D eigenvalue weighted by molar-refractivity contribution is 8.14. The molecule has 0 spiro atoms. The molecule has 10 heteroatoms. The lowest BCUT2D eigenvalue weighted by Gasteiger charge is -2.47. The van der Waals surface area contributed by atoms with Crippen molar-refractivity contribution in [1.29, 1.82) is 0 Å². The first-order chi connectivity index (χ1) is 13.5. The molecule has 1 heterocycles. The number of hydrogen-bond donors (Lipinski definition) is 1. The fraction of sp³-hybridized carbons (Fsp3) is 0.474. The minimum atomic E-state index is -1.41. The highest BCUT2D eigenvalue weighted by Crippen LogP contribution is 2.34. The number of ether oxygens (including phenoxy) is 2. The summed E-state index contributed by atoms with van der Waals surface area (Å²) in [7, 11) is 0. The van der Waals surface area contributed by atoms with Gasteiger partial charge in [-0.25, -0.2) is 4.79 Å². The summed E-state index contributed by atoms with van der Waals surface area (Å²) in [6, 6.07) is 7.72. The summed E-state index contributed by atoms with van der Waals surface area (Å²) in [6.07, 6.45) is 0. The maximum Gasteiger partial charge on any atom is 0.345 e. The second-order valence-corrected chi connectivity index (χ2v) is 8.97. The van der Waals surface area contributed by atoms with Crippen molar-refractivity contribution in [2.24, 2.45) is 0 Å². The van der Waals surface area contributed by atoms with Gasteiger partial charge in [0, 0.05) is 6.92 Å². The molecule has 1 fully saturated rings. The third kappa shape index (κ3) is 6.37. The molecule has 1 aliphatic rings. The maximum absolute atomic E-state index is 12.5. The van der Waals surface area contributed by atoms with Crippen molar-refractivity contribution in [3.63, 3.8) is 0 Å². The van der Waals surface area contributed by atoms with Crippen LogP contribution in [0.4, 0.5) is 0 Å². The Morgan fingerprint density at radius 2 is 1.86 bits per heavy atom. The quantitative estimate of drug-likeness (QED) is 0.298. The van der Waals surface area contributed by atoms with Crippen molar-refractivity contribution in [3.05, 3.63) is 30.3 Å². The highest BCUT2D eigenvalue weighted by atomic mass is 35.5. The van der Waals surface area contributed by atoms with Crippen molar-refractivity contribution < 1.29 is 28.7 Å². The zero-order valence-electron chi connectivity index (χ0n) is 16.5. The molecule has 0 radical (unpaired) electrons. The number of nitrogens with zero attached hydrogens (tertiary/aromatic N) is 1. The summed E-state index contributed by atoms with van der Waals surface area (Å²) >= 11 is 6.92. The predicted octanol–water partition coefficient (Wildman–Crippen LogP) is 1.90. The number of para-hydroxylation sites is 1. The molecule has 2 rings (SSSR count). The van der Waals surface area contributed by atoms with Crippen LogP contribution in [0, 0.1) is 0 Å². The smallest absolute Gasteiger partial charge is 0.345 e. The van der Waals surface area contributed by atoms with E-state index in [1.807, 2.05) is 6.07 Å². The lowest BCUT2D eigenvalue weighted by Crippen LogP contribution is -2.72. The number of thioether (sulfide) groups is 1. The first kappa shape index (κ1) is 23.0. The lowest BCUT2D eigenvalue weighted by atomic mass is 10.1. The molecule has 158 valence electrons. The zero-order valence-corrected chi connectivity index (χ0v) is 18.1. The standard InChI is InChI=1S/C19H23ClN2O6S/c1-11(23)29-17-14(21-13(24)10-27-12-8-6-5-7-9-12)16(25)22(17)15(20)18(26)28-19(2,3)4/h5-9,14-15,17H,10H2,1-4H3,(H,21,24)/t14?,15?,17-/m0/s1. The highest BCUT2D eigenvalue weighted by Gasteiger charge is 2.54. The van der Waals surface area contributed by atoms with E-state index in [-0.39, 0.29) is 11.7 Å². The van der Waals surface area contributed by atoms with Crippen LogP contribution in [0.3, 0.4) is 0 Å². The molecule has 29 heavy (non-hydrogen) atoms. The zero-order chi connectivity index (χ0) is 21.8. The number of nitrogens with one attached hydrogen (secondary N) is 1. The van der Waals surface area contributed by atoms with Crippen LogP contribution in [0.25, 0.3) is 0 Å². The average molecular weight is 443 g/mol. The summed E-state index contributed by atoms with van der Waals surface area (Å²) < 4.78 is 10.5. The van der Waals surface area contributed by atoms with E-state index in [9.17, 15) is 19.2 Å². The Hall–Kier alpha value is -2.26. The fourth-order valence-electron chi connectivity index (χ4n) is 2.50. The summed E-state index contributed by atoms with van der Waals surface area (Å²) in [4.78, 5) is 49.5. The first-order valence-electron chi connectivity index (χ1n) is 8.83. The maximum atomic E-state index is 12.5. The van der Waals surface area contributed by atoms with E-state index in [1.165, 1.54) is 6.92 Å². The van der Waals surface area contributed by atoms with Crippen LogP contribution in [0.2, 0.25) is 0 Å². The number of alkyl halides is 1. The van der Waals surface area contributed by atoms with Gasteiger partial charge in [0.2, 0.25) is 5.50 Å².